The lowest BCUT2D eigenvalue weighted by Crippen LogP contribution is -2.36. The molecule has 0 aliphatic carbocycles. The van der Waals surface area contributed by atoms with Gasteiger partial charge in [-0.15, -0.1) is 0 Å². The third-order valence-corrected chi connectivity index (χ3v) is 4.25. The van der Waals surface area contributed by atoms with Gasteiger partial charge >= 0.3 is 5.97 Å². The minimum absolute atomic E-state index is 0.288. The number of aryl methyl sites for hydroxylation is 1. The van der Waals surface area contributed by atoms with Gasteiger partial charge in [0, 0.05) is 12.3 Å². The number of rotatable bonds is 4. The molecule has 0 radical (unpaired) electrons. The maximum atomic E-state index is 12.2. The molecule has 4 atom stereocenters. The van der Waals surface area contributed by atoms with Crippen LogP contribution in [0.25, 0.3) is 0 Å². The molecule has 4 rings (SSSR count). The molecule has 0 unspecified atom stereocenters. The van der Waals surface area contributed by atoms with Crippen molar-refractivity contribution in [2.24, 2.45) is 0 Å². The molecule has 0 spiro atoms. The zero-order valence-corrected chi connectivity index (χ0v) is 13.7. The molecule has 2 aliphatic heterocycles. The number of carbonyl (C=O) groups excluding carboxylic acids is 1. The molecule has 25 heavy (non-hydrogen) atoms. The lowest BCUT2D eigenvalue weighted by molar-refractivity contribution is -0.0192. The third-order valence-electron chi connectivity index (χ3n) is 4.25. The fourth-order valence-electron chi connectivity index (χ4n) is 3.07. The van der Waals surface area contributed by atoms with E-state index < -0.39 is 6.10 Å². The van der Waals surface area contributed by atoms with Crippen LogP contribution in [-0.2, 0) is 14.2 Å². The van der Waals surface area contributed by atoms with Gasteiger partial charge in [0.2, 0.25) is 5.88 Å². The summed E-state index contributed by atoms with van der Waals surface area (Å²) in [6.07, 6.45) is 0.285. The average Bonchev–Trinajstić information content (AvgIpc) is 3.20. The number of benzene rings is 1. The second-order valence-electron chi connectivity index (χ2n) is 6.00. The Morgan fingerprint density at radius 3 is 2.56 bits per heavy atom. The van der Waals surface area contributed by atoms with Crippen LogP contribution in [0.1, 0.15) is 16.2 Å². The minimum atomic E-state index is -0.446. The quantitative estimate of drug-likeness (QED) is 0.780. The maximum absolute atomic E-state index is 12.2. The Balaban J connectivity index is 1.39. The smallest absolute Gasteiger partial charge is 0.338 e. The van der Waals surface area contributed by atoms with Crippen molar-refractivity contribution < 1.29 is 23.7 Å². The normalized spacial score (nSPS) is 27.7. The Morgan fingerprint density at radius 1 is 1.08 bits per heavy atom. The van der Waals surface area contributed by atoms with Gasteiger partial charge in [-0.25, -0.2) is 9.78 Å². The van der Waals surface area contributed by atoms with Gasteiger partial charge in [-0.2, -0.15) is 4.98 Å². The number of fused-ring (bicyclic) bond motifs is 1. The van der Waals surface area contributed by atoms with Crippen molar-refractivity contribution in [3.63, 3.8) is 0 Å². The number of ether oxygens (including phenoxy) is 4. The van der Waals surface area contributed by atoms with E-state index in [1.807, 2.05) is 6.07 Å². The predicted octanol–water partition coefficient (Wildman–Crippen LogP) is 1.56. The summed E-state index contributed by atoms with van der Waals surface area (Å²) in [5.41, 5.74) is 0.508. The van der Waals surface area contributed by atoms with Crippen LogP contribution >= 0.6 is 0 Å². The Morgan fingerprint density at radius 2 is 1.80 bits per heavy atom. The summed E-state index contributed by atoms with van der Waals surface area (Å²) in [6, 6.07) is 10.6. The van der Waals surface area contributed by atoms with Gasteiger partial charge in [-0.1, -0.05) is 18.2 Å². The highest BCUT2D eigenvalue weighted by Gasteiger charge is 2.50. The van der Waals surface area contributed by atoms with Gasteiger partial charge in [-0.3, -0.25) is 0 Å². The van der Waals surface area contributed by atoms with Crippen LogP contribution in [0.3, 0.4) is 0 Å². The first-order chi connectivity index (χ1) is 12.2. The van der Waals surface area contributed by atoms with Crippen molar-refractivity contribution in [2.75, 3.05) is 13.2 Å². The molecule has 130 valence electrons. The summed E-state index contributed by atoms with van der Waals surface area (Å²) in [7, 11) is 0. The van der Waals surface area contributed by atoms with Crippen LogP contribution in [0.4, 0.5) is 0 Å². The van der Waals surface area contributed by atoms with Gasteiger partial charge in [0.25, 0.3) is 0 Å². The summed E-state index contributed by atoms with van der Waals surface area (Å²) in [4.78, 5) is 20.5. The monoisotopic (exact) mass is 342 g/mol. The van der Waals surface area contributed by atoms with Crippen molar-refractivity contribution in [2.45, 2.75) is 31.3 Å². The highest BCUT2D eigenvalue weighted by atomic mass is 16.7. The lowest BCUT2D eigenvalue weighted by Gasteiger charge is -2.17. The van der Waals surface area contributed by atoms with Crippen molar-refractivity contribution in [1.82, 2.24) is 9.97 Å². The fourth-order valence-corrected chi connectivity index (χ4v) is 3.07. The van der Waals surface area contributed by atoms with Crippen molar-refractivity contribution in [3.8, 4) is 5.88 Å². The Labute approximate surface area is 144 Å². The molecule has 0 amide bonds. The molecule has 1 aromatic heterocycles. The second-order valence-corrected chi connectivity index (χ2v) is 6.00. The van der Waals surface area contributed by atoms with Crippen LogP contribution in [0.2, 0.25) is 0 Å². The van der Waals surface area contributed by atoms with Crippen LogP contribution in [0, 0.1) is 6.92 Å². The second kappa shape index (κ2) is 6.78. The van der Waals surface area contributed by atoms with E-state index in [4.69, 9.17) is 18.9 Å². The number of nitrogens with zero attached hydrogens (tertiary/aromatic N) is 2. The summed E-state index contributed by atoms with van der Waals surface area (Å²) in [6.45, 7) is 2.44. The van der Waals surface area contributed by atoms with E-state index in [0.29, 0.717) is 23.9 Å². The third kappa shape index (κ3) is 3.33. The van der Waals surface area contributed by atoms with Crippen LogP contribution in [0.5, 0.6) is 5.88 Å². The maximum Gasteiger partial charge on any atom is 0.338 e. The van der Waals surface area contributed by atoms with Gasteiger partial charge < -0.3 is 18.9 Å². The van der Waals surface area contributed by atoms with E-state index in [1.54, 1.807) is 43.5 Å². The molecular weight excluding hydrogens is 324 g/mol. The van der Waals surface area contributed by atoms with Gasteiger partial charge in [-0.05, 0) is 19.1 Å². The molecule has 0 saturated carbocycles. The zero-order chi connectivity index (χ0) is 17.2. The molecule has 1 aromatic carbocycles. The zero-order valence-electron chi connectivity index (χ0n) is 13.7. The molecule has 2 aliphatic rings. The first kappa shape index (κ1) is 16.0. The molecular formula is C18H18N2O5. The summed E-state index contributed by atoms with van der Waals surface area (Å²) in [5.74, 6) is 0.735. The first-order valence-electron chi connectivity index (χ1n) is 8.16. The summed E-state index contributed by atoms with van der Waals surface area (Å²) < 4.78 is 23.0. The highest BCUT2D eigenvalue weighted by Crippen LogP contribution is 2.31. The molecule has 7 heteroatoms. The first-order valence-corrected chi connectivity index (χ1v) is 8.16. The van der Waals surface area contributed by atoms with E-state index in [9.17, 15) is 4.79 Å². The van der Waals surface area contributed by atoms with Gasteiger partial charge in [0.1, 0.15) is 18.0 Å². The van der Waals surface area contributed by atoms with Crippen molar-refractivity contribution >= 4 is 5.97 Å². The Kier molecular flexibility index (Phi) is 4.33. The molecule has 2 saturated heterocycles. The number of aromatic nitrogens is 2. The minimum Gasteiger partial charge on any atom is -0.469 e. The summed E-state index contributed by atoms with van der Waals surface area (Å²) >= 11 is 0. The van der Waals surface area contributed by atoms with E-state index in [1.165, 1.54) is 0 Å². The highest BCUT2D eigenvalue weighted by molar-refractivity contribution is 5.89. The standard InChI is InChI=1S/C18H18N2O5/c1-11-19-8-7-15(20-11)24-13-9-22-17-14(10-23-16(13)17)25-18(21)12-5-3-2-4-6-12/h2-8,13-14,16-17H,9-10H2,1H3/t13-,14-,16+,17+/m0/s1. The van der Waals surface area contributed by atoms with Crippen molar-refractivity contribution in [3.05, 3.63) is 54.0 Å². The van der Waals surface area contributed by atoms with Crippen LogP contribution in [-0.4, -0.2) is 53.6 Å². The number of hydrogen-bond acceptors (Lipinski definition) is 7. The fraction of sp³-hybridized carbons (Fsp3) is 0.389. The molecule has 0 bridgehead atoms. The van der Waals surface area contributed by atoms with E-state index in [0.717, 1.165) is 0 Å². The Hall–Kier alpha value is -2.51. The average molecular weight is 342 g/mol. The van der Waals surface area contributed by atoms with Crippen LogP contribution in [0.15, 0.2) is 42.6 Å². The number of hydrogen-bond donors (Lipinski definition) is 0. The van der Waals surface area contributed by atoms with Gasteiger partial charge in [0.05, 0.1) is 18.8 Å². The molecule has 7 nitrogen and oxygen atoms in total. The predicted molar refractivity (Wildman–Crippen MR) is 86.3 cm³/mol. The van der Waals surface area contributed by atoms with Gasteiger partial charge in [0.15, 0.2) is 12.2 Å². The summed E-state index contributed by atoms with van der Waals surface area (Å²) in [5, 5.41) is 0. The van der Waals surface area contributed by atoms with Crippen LogP contribution < -0.4 is 4.74 Å². The molecule has 2 aromatic rings. The van der Waals surface area contributed by atoms with E-state index >= 15 is 0 Å². The molecule has 0 N–H and O–H groups in total. The van der Waals surface area contributed by atoms with Crippen molar-refractivity contribution in [1.29, 1.82) is 0 Å². The SMILES string of the molecule is Cc1nccc(O[C@H]2CO[C@H]3[C@@H]2OC[C@@H]3OC(=O)c2ccccc2)n1. The Bertz CT molecular complexity index is 754. The number of esters is 1. The molecule has 3 heterocycles. The number of carbonyl (C=O) groups is 1. The van der Waals surface area contributed by atoms with E-state index in [-0.39, 0.29) is 30.9 Å². The molecule has 2 fully saturated rings. The lowest BCUT2D eigenvalue weighted by atomic mass is 10.1. The van der Waals surface area contributed by atoms with E-state index in [2.05, 4.69) is 9.97 Å². The topological polar surface area (TPSA) is 79.8 Å². The largest absolute Gasteiger partial charge is 0.469 e.